The molecule has 1 N–H and O–H groups in total. The number of nitrogens with one attached hydrogen (secondary N) is 1. The van der Waals surface area contributed by atoms with E-state index in [9.17, 15) is 0 Å². The highest BCUT2D eigenvalue weighted by Crippen LogP contribution is 2.36. The van der Waals surface area contributed by atoms with Crippen LogP contribution >= 0.6 is 35.6 Å². The van der Waals surface area contributed by atoms with E-state index in [1.165, 1.54) is 0 Å². The summed E-state index contributed by atoms with van der Waals surface area (Å²) in [5.74, 6) is 2.16. The summed E-state index contributed by atoms with van der Waals surface area (Å²) in [6, 6.07) is 3.82. The third kappa shape index (κ3) is 4.54. The highest BCUT2D eigenvalue weighted by Gasteiger charge is 2.14. The van der Waals surface area contributed by atoms with E-state index in [0.29, 0.717) is 29.7 Å². The fourth-order valence-electron chi connectivity index (χ4n) is 2.06. The lowest BCUT2D eigenvalue weighted by Crippen LogP contribution is -2.35. The summed E-state index contributed by atoms with van der Waals surface area (Å²) in [7, 11) is 3.63. The Bertz CT molecular complexity index is 511. The molecule has 0 fully saturated rings. The summed E-state index contributed by atoms with van der Waals surface area (Å²) in [5, 5.41) is 3.86. The van der Waals surface area contributed by atoms with Crippen molar-refractivity contribution in [3.05, 3.63) is 22.7 Å². The second-order valence-electron chi connectivity index (χ2n) is 4.52. The smallest absolute Gasteiger partial charge is 0.194 e. The van der Waals surface area contributed by atoms with Crippen molar-refractivity contribution < 1.29 is 9.47 Å². The maximum absolute atomic E-state index is 6.24. The van der Waals surface area contributed by atoms with Gasteiger partial charge in [0.25, 0.3) is 0 Å². The summed E-state index contributed by atoms with van der Waals surface area (Å²) >= 11 is 6.24. The van der Waals surface area contributed by atoms with Crippen LogP contribution in [-0.4, -0.2) is 44.7 Å². The highest BCUT2D eigenvalue weighted by molar-refractivity contribution is 14.0. The van der Waals surface area contributed by atoms with Gasteiger partial charge in [0, 0.05) is 20.1 Å². The van der Waals surface area contributed by atoms with E-state index in [1.807, 2.05) is 26.1 Å². The van der Waals surface area contributed by atoms with Gasteiger partial charge in [0.15, 0.2) is 17.5 Å². The van der Waals surface area contributed by atoms with E-state index in [0.717, 1.165) is 24.6 Å². The summed E-state index contributed by atoms with van der Waals surface area (Å²) in [6.45, 7) is 4.90. The molecular formula is C14H21ClIN3O2. The van der Waals surface area contributed by atoms with Gasteiger partial charge in [0.2, 0.25) is 0 Å². The number of guanidine groups is 1. The van der Waals surface area contributed by atoms with Crippen LogP contribution in [0, 0.1) is 0 Å². The number of halogens is 2. The van der Waals surface area contributed by atoms with Crippen LogP contribution in [-0.2, 0) is 6.54 Å². The fraction of sp³-hybridized carbons (Fsp3) is 0.500. The zero-order valence-electron chi connectivity index (χ0n) is 12.5. The minimum Gasteiger partial charge on any atom is -0.493 e. The first kappa shape index (κ1) is 18.2. The normalized spacial score (nSPS) is 13.5. The van der Waals surface area contributed by atoms with E-state index in [1.54, 1.807) is 7.11 Å². The average molecular weight is 426 g/mol. The molecule has 1 aromatic rings. The Kier molecular flexibility index (Phi) is 7.37. The molecule has 1 aliphatic heterocycles. The third-order valence-corrected chi connectivity index (χ3v) is 3.37. The van der Waals surface area contributed by atoms with E-state index in [4.69, 9.17) is 21.1 Å². The van der Waals surface area contributed by atoms with Crippen LogP contribution in [0.3, 0.4) is 0 Å². The molecule has 0 saturated carbocycles. The van der Waals surface area contributed by atoms with Crippen molar-refractivity contribution in [2.24, 2.45) is 4.99 Å². The lowest BCUT2D eigenvalue weighted by Gasteiger charge is -2.17. The van der Waals surface area contributed by atoms with Gasteiger partial charge < -0.3 is 19.7 Å². The number of likely N-dealkylation sites (N-methyl/N-ethyl adjacent to an activating group) is 1. The van der Waals surface area contributed by atoms with E-state index < -0.39 is 0 Å². The molecule has 0 saturated heterocycles. The number of benzene rings is 1. The van der Waals surface area contributed by atoms with Gasteiger partial charge in [-0.25, -0.2) is 0 Å². The largest absolute Gasteiger partial charge is 0.493 e. The molecule has 2 rings (SSSR count). The molecule has 0 aliphatic carbocycles. The van der Waals surface area contributed by atoms with Crippen LogP contribution in [0.4, 0.5) is 0 Å². The molecule has 21 heavy (non-hydrogen) atoms. The predicted octanol–water partition coefficient (Wildman–Crippen LogP) is 2.76. The summed E-state index contributed by atoms with van der Waals surface area (Å²) in [4.78, 5) is 6.48. The van der Waals surface area contributed by atoms with E-state index in [2.05, 4.69) is 15.2 Å². The molecule has 0 amide bonds. The first-order valence-corrected chi connectivity index (χ1v) is 7.02. The first-order valence-electron chi connectivity index (χ1n) is 6.64. The topological polar surface area (TPSA) is 46.1 Å². The number of methoxy groups -OCH3 is 1. The van der Waals surface area contributed by atoms with Gasteiger partial charge in [0.1, 0.15) is 0 Å². The quantitative estimate of drug-likeness (QED) is 0.737. The molecule has 0 atom stereocenters. The number of aliphatic imine (C=N–C) groups is 1. The fourth-order valence-corrected chi connectivity index (χ4v) is 2.35. The van der Waals surface area contributed by atoms with Gasteiger partial charge >= 0.3 is 0 Å². The van der Waals surface area contributed by atoms with Crippen LogP contribution in [0.2, 0.25) is 5.02 Å². The molecule has 0 unspecified atom stereocenters. The van der Waals surface area contributed by atoms with Crippen molar-refractivity contribution >= 4 is 41.5 Å². The van der Waals surface area contributed by atoms with Crippen molar-refractivity contribution in [1.82, 2.24) is 10.2 Å². The lowest BCUT2D eigenvalue weighted by molar-refractivity contribution is 0.311. The number of hydrogen-bond donors (Lipinski definition) is 1. The van der Waals surface area contributed by atoms with Crippen LogP contribution < -0.4 is 14.8 Å². The van der Waals surface area contributed by atoms with Gasteiger partial charge in [-0.2, -0.15) is 0 Å². The molecule has 5 nitrogen and oxygen atoms in total. The molecule has 1 aromatic carbocycles. The number of ether oxygens (including phenoxy) is 2. The van der Waals surface area contributed by atoms with E-state index in [-0.39, 0.29) is 24.0 Å². The van der Waals surface area contributed by atoms with Gasteiger partial charge in [0.05, 0.1) is 25.3 Å². The number of nitrogens with zero attached hydrogens (tertiary/aromatic N) is 2. The average Bonchev–Trinajstić information content (AvgIpc) is 2.84. The van der Waals surface area contributed by atoms with Crippen molar-refractivity contribution in [2.45, 2.75) is 13.5 Å². The Balaban J connectivity index is 0.00000220. The second-order valence-corrected chi connectivity index (χ2v) is 4.93. The van der Waals surface area contributed by atoms with Crippen LogP contribution in [0.15, 0.2) is 17.1 Å². The molecular weight excluding hydrogens is 405 g/mol. The molecule has 1 heterocycles. The van der Waals surface area contributed by atoms with Crippen LogP contribution in [0.1, 0.15) is 12.5 Å². The van der Waals surface area contributed by atoms with Gasteiger partial charge in [-0.3, -0.25) is 4.99 Å². The molecule has 0 radical (unpaired) electrons. The third-order valence-electron chi connectivity index (χ3n) is 3.09. The van der Waals surface area contributed by atoms with Gasteiger partial charge in [-0.15, -0.1) is 24.0 Å². The monoisotopic (exact) mass is 425 g/mol. The van der Waals surface area contributed by atoms with Crippen LogP contribution in [0.5, 0.6) is 11.5 Å². The first-order chi connectivity index (χ1) is 9.65. The zero-order chi connectivity index (χ0) is 14.5. The predicted molar refractivity (Wildman–Crippen MR) is 96.4 cm³/mol. The molecule has 1 aliphatic rings. The minimum atomic E-state index is 0. The Morgan fingerprint density at radius 2 is 2.19 bits per heavy atom. The Morgan fingerprint density at radius 1 is 1.43 bits per heavy atom. The van der Waals surface area contributed by atoms with Crippen molar-refractivity contribution in [3.63, 3.8) is 0 Å². The van der Waals surface area contributed by atoms with Crippen LogP contribution in [0.25, 0.3) is 0 Å². The summed E-state index contributed by atoms with van der Waals surface area (Å²) < 4.78 is 10.8. The molecule has 0 spiro atoms. The Hall–Kier alpha value is -0.890. The van der Waals surface area contributed by atoms with Gasteiger partial charge in [-0.1, -0.05) is 11.6 Å². The maximum Gasteiger partial charge on any atom is 0.194 e. The van der Waals surface area contributed by atoms with Gasteiger partial charge in [-0.05, 0) is 24.6 Å². The van der Waals surface area contributed by atoms with E-state index >= 15 is 0 Å². The zero-order valence-corrected chi connectivity index (χ0v) is 15.6. The molecule has 7 heteroatoms. The summed E-state index contributed by atoms with van der Waals surface area (Å²) in [6.07, 6.45) is 0. The Morgan fingerprint density at radius 3 is 2.76 bits per heavy atom. The number of rotatable bonds is 5. The highest BCUT2D eigenvalue weighted by atomic mass is 127. The standard InChI is InChI=1S/C14H20ClN3O2.HI/c1-4-20-13-11(15)7-10(8-12(13)19-3)9-17-14-16-5-6-18(14)2;/h7-8H,4-6,9H2,1-3H3,(H,16,17);1H. The Labute approximate surface area is 147 Å². The van der Waals surface area contributed by atoms with Crippen molar-refractivity contribution in [1.29, 1.82) is 0 Å². The molecule has 118 valence electrons. The SMILES string of the molecule is CCOc1c(Cl)cc(CNC2=NCCN2C)cc1OC.I. The molecule has 0 aromatic heterocycles. The summed E-state index contributed by atoms with van der Waals surface area (Å²) in [5.41, 5.74) is 1.03. The van der Waals surface area contributed by atoms with Crippen molar-refractivity contribution in [3.8, 4) is 11.5 Å². The molecule has 0 bridgehead atoms. The minimum absolute atomic E-state index is 0. The maximum atomic E-state index is 6.24. The second kappa shape index (κ2) is 8.53. The van der Waals surface area contributed by atoms with Crippen molar-refractivity contribution in [2.75, 3.05) is 33.9 Å². The lowest BCUT2D eigenvalue weighted by atomic mass is 10.2. The number of hydrogen-bond acceptors (Lipinski definition) is 5.